The van der Waals surface area contributed by atoms with Crippen LogP contribution in [0.25, 0.3) is 0 Å². The van der Waals surface area contributed by atoms with Gasteiger partial charge >= 0.3 is 5.97 Å². The number of carbonyl (C=O) groups is 1. The number of ether oxygens (including phenoxy) is 1. The molecule has 0 amide bonds. The topological polar surface area (TPSA) is 46.5 Å². The van der Waals surface area contributed by atoms with Gasteiger partial charge in [-0.3, -0.25) is 0 Å². The highest BCUT2D eigenvalue weighted by Crippen LogP contribution is 2.32. The van der Waals surface area contributed by atoms with Crippen LogP contribution in [0.1, 0.15) is 11.1 Å². The first-order valence-corrected chi connectivity index (χ1v) is 7.50. The van der Waals surface area contributed by atoms with E-state index in [0.717, 1.165) is 4.47 Å². The molecule has 0 bridgehead atoms. The van der Waals surface area contributed by atoms with Crippen LogP contribution >= 0.6 is 27.5 Å². The number of benzene rings is 2. The number of hydrogen-bond acceptors (Lipinski definition) is 3. The second kappa shape index (κ2) is 6.97. The first-order valence-electron chi connectivity index (χ1n) is 6.33. The third-order valence-electron chi connectivity index (χ3n) is 3.11. The van der Waals surface area contributed by atoms with E-state index >= 15 is 0 Å². The molecule has 3 nitrogen and oxygen atoms in total. The number of rotatable bonds is 4. The van der Waals surface area contributed by atoms with Crippen molar-refractivity contribution in [3.8, 4) is 12.3 Å². The number of aliphatic hydroxyl groups is 1. The van der Waals surface area contributed by atoms with Crippen LogP contribution in [0.15, 0.2) is 53.0 Å². The summed E-state index contributed by atoms with van der Waals surface area (Å²) in [7, 11) is 0. The smallest absolute Gasteiger partial charge is 0.348 e. The highest BCUT2D eigenvalue weighted by atomic mass is 79.9. The van der Waals surface area contributed by atoms with Gasteiger partial charge in [0.15, 0.2) is 6.61 Å². The first-order chi connectivity index (χ1) is 10.5. The first kappa shape index (κ1) is 16.6. The minimum atomic E-state index is -1.96. The van der Waals surface area contributed by atoms with Gasteiger partial charge in [0, 0.05) is 9.50 Å². The van der Waals surface area contributed by atoms with Gasteiger partial charge in [0.25, 0.3) is 0 Å². The van der Waals surface area contributed by atoms with E-state index in [1.807, 2.05) is 0 Å². The Hall–Kier alpha value is -1.80. The summed E-state index contributed by atoms with van der Waals surface area (Å²) < 4.78 is 5.78. The average molecular weight is 380 g/mol. The average Bonchev–Trinajstić information content (AvgIpc) is 2.53. The molecular formula is C17H12BrClO3. The van der Waals surface area contributed by atoms with Crippen LogP contribution in [0.5, 0.6) is 0 Å². The fraction of sp³-hybridized carbons (Fsp3) is 0.118. The van der Waals surface area contributed by atoms with Crippen LogP contribution in [0.2, 0.25) is 5.02 Å². The van der Waals surface area contributed by atoms with E-state index in [0.29, 0.717) is 16.1 Å². The summed E-state index contributed by atoms with van der Waals surface area (Å²) in [5, 5.41) is 11.5. The van der Waals surface area contributed by atoms with E-state index in [4.69, 9.17) is 22.8 Å². The molecule has 2 rings (SSSR count). The molecule has 1 unspecified atom stereocenters. The summed E-state index contributed by atoms with van der Waals surface area (Å²) >= 11 is 9.18. The van der Waals surface area contributed by atoms with E-state index in [1.165, 1.54) is 0 Å². The highest BCUT2D eigenvalue weighted by Gasteiger charge is 2.41. The van der Waals surface area contributed by atoms with Gasteiger partial charge in [-0.05, 0) is 35.4 Å². The molecule has 0 heterocycles. The Kier molecular flexibility index (Phi) is 5.25. The van der Waals surface area contributed by atoms with Crippen molar-refractivity contribution in [3.05, 3.63) is 69.2 Å². The highest BCUT2D eigenvalue weighted by molar-refractivity contribution is 9.10. The summed E-state index contributed by atoms with van der Waals surface area (Å²) in [6, 6.07) is 13.0. The lowest BCUT2D eigenvalue weighted by atomic mass is 9.86. The summed E-state index contributed by atoms with van der Waals surface area (Å²) in [4.78, 5) is 12.4. The van der Waals surface area contributed by atoms with Crippen LogP contribution in [0.4, 0.5) is 0 Å². The molecule has 0 aromatic heterocycles. The molecule has 0 spiro atoms. The predicted octanol–water partition coefficient (Wildman–Crippen LogP) is 3.51. The van der Waals surface area contributed by atoms with Gasteiger partial charge in [0.1, 0.15) is 0 Å². The maximum Gasteiger partial charge on any atom is 0.348 e. The number of hydrogen-bond donors (Lipinski definition) is 1. The minimum absolute atomic E-state index is 0.217. The van der Waals surface area contributed by atoms with Crippen LogP contribution in [-0.2, 0) is 15.1 Å². The third-order valence-corrected chi connectivity index (χ3v) is 3.89. The zero-order chi connectivity index (χ0) is 16.2. The predicted molar refractivity (Wildman–Crippen MR) is 88.4 cm³/mol. The van der Waals surface area contributed by atoms with Crippen LogP contribution in [0, 0.1) is 12.3 Å². The maximum absolute atomic E-state index is 12.4. The van der Waals surface area contributed by atoms with Crippen molar-refractivity contribution in [1.29, 1.82) is 0 Å². The van der Waals surface area contributed by atoms with Crippen molar-refractivity contribution in [1.82, 2.24) is 0 Å². The normalized spacial score (nSPS) is 13.0. The van der Waals surface area contributed by atoms with E-state index in [2.05, 4.69) is 21.9 Å². The second-order valence-corrected chi connectivity index (χ2v) is 5.86. The molecule has 0 aliphatic rings. The Morgan fingerprint density at radius 2 is 1.68 bits per heavy atom. The monoisotopic (exact) mass is 378 g/mol. The van der Waals surface area contributed by atoms with Crippen molar-refractivity contribution in [3.63, 3.8) is 0 Å². The van der Waals surface area contributed by atoms with E-state index < -0.39 is 11.6 Å². The van der Waals surface area contributed by atoms with Gasteiger partial charge in [-0.2, -0.15) is 0 Å². The molecule has 2 aromatic rings. The number of halogens is 2. The standard InChI is InChI=1S/C17H12BrClO3/c1-2-11-22-16(20)17(21,12-3-7-14(18)8-4-12)13-5-9-15(19)10-6-13/h1,3-10,21H,11H2. The van der Waals surface area contributed by atoms with Crippen molar-refractivity contribution >= 4 is 33.5 Å². The summed E-state index contributed by atoms with van der Waals surface area (Å²) in [6.45, 7) is -0.217. The molecule has 0 saturated carbocycles. The van der Waals surface area contributed by atoms with Gasteiger partial charge in [0.2, 0.25) is 5.60 Å². The minimum Gasteiger partial charge on any atom is -0.450 e. The SMILES string of the molecule is C#CCOC(=O)C(O)(c1ccc(Cl)cc1)c1ccc(Br)cc1. The zero-order valence-electron chi connectivity index (χ0n) is 11.4. The van der Waals surface area contributed by atoms with Crippen molar-refractivity contribution < 1.29 is 14.6 Å². The Balaban J connectivity index is 2.53. The Labute approximate surface area is 142 Å². The molecule has 22 heavy (non-hydrogen) atoms. The largest absolute Gasteiger partial charge is 0.450 e. The van der Waals surface area contributed by atoms with Crippen LogP contribution in [-0.4, -0.2) is 17.7 Å². The molecule has 0 fully saturated rings. The molecule has 1 N–H and O–H groups in total. The Bertz CT molecular complexity index is 657. The van der Waals surface area contributed by atoms with Gasteiger partial charge in [0.05, 0.1) is 0 Å². The second-order valence-electron chi connectivity index (χ2n) is 4.50. The van der Waals surface area contributed by atoms with Crippen molar-refractivity contribution in [2.75, 3.05) is 6.61 Å². The quantitative estimate of drug-likeness (QED) is 0.653. The molecule has 0 radical (unpaired) electrons. The molecule has 0 aliphatic carbocycles. The van der Waals surface area contributed by atoms with Gasteiger partial charge in [-0.25, -0.2) is 4.79 Å². The lowest BCUT2D eigenvalue weighted by Gasteiger charge is -2.26. The van der Waals surface area contributed by atoms with Gasteiger partial charge < -0.3 is 9.84 Å². The lowest BCUT2D eigenvalue weighted by molar-refractivity contribution is -0.160. The summed E-state index contributed by atoms with van der Waals surface area (Å²) in [5.74, 6) is 1.37. The molecule has 5 heteroatoms. The fourth-order valence-electron chi connectivity index (χ4n) is 2.00. The molecule has 0 aliphatic heterocycles. The molecule has 112 valence electrons. The zero-order valence-corrected chi connectivity index (χ0v) is 13.8. The fourth-order valence-corrected chi connectivity index (χ4v) is 2.39. The molecular weight excluding hydrogens is 368 g/mol. The number of carbonyl (C=O) groups excluding carboxylic acids is 1. The van der Waals surface area contributed by atoms with Gasteiger partial charge in [-0.15, -0.1) is 6.42 Å². The molecule has 0 saturated heterocycles. The Morgan fingerprint density at radius 1 is 1.18 bits per heavy atom. The van der Waals surface area contributed by atoms with E-state index in [-0.39, 0.29) is 6.61 Å². The van der Waals surface area contributed by atoms with Crippen molar-refractivity contribution in [2.45, 2.75) is 5.60 Å². The van der Waals surface area contributed by atoms with Crippen LogP contribution < -0.4 is 0 Å². The van der Waals surface area contributed by atoms with Crippen LogP contribution in [0.3, 0.4) is 0 Å². The Morgan fingerprint density at radius 3 is 2.18 bits per heavy atom. The van der Waals surface area contributed by atoms with Gasteiger partial charge in [-0.1, -0.05) is 57.7 Å². The summed E-state index contributed by atoms with van der Waals surface area (Å²) in [6.07, 6.45) is 5.10. The summed E-state index contributed by atoms with van der Waals surface area (Å²) in [5.41, 5.74) is -1.23. The number of terminal acetylenes is 1. The van der Waals surface area contributed by atoms with Crippen molar-refractivity contribution in [2.24, 2.45) is 0 Å². The van der Waals surface area contributed by atoms with E-state index in [9.17, 15) is 9.90 Å². The number of esters is 1. The molecule has 1 atom stereocenters. The third kappa shape index (κ3) is 3.33. The lowest BCUT2D eigenvalue weighted by Crippen LogP contribution is -2.38. The maximum atomic E-state index is 12.4. The molecule has 2 aromatic carbocycles. The van der Waals surface area contributed by atoms with E-state index in [1.54, 1.807) is 48.5 Å².